The molecule has 0 atom stereocenters. The molecule has 0 aromatic rings. The van der Waals surface area contributed by atoms with Gasteiger partial charge in [0.2, 0.25) is 4.91 Å². The normalized spacial score (nSPS) is 4.71. The highest BCUT2D eigenvalue weighted by molar-refractivity contribution is 4.64. The molecule has 0 fully saturated rings. The molecule has 0 heterocycles. The molecule has 0 rings (SSSR count). The Bertz CT molecular complexity index is 61.3. The zero-order chi connectivity index (χ0) is 6.12. The first-order valence-electron chi connectivity index (χ1n) is 1.67. The van der Waals surface area contributed by atoms with Crippen LogP contribution in [0.15, 0.2) is 12.7 Å². The van der Waals surface area contributed by atoms with E-state index in [0.717, 1.165) is 0 Å². The zero-order valence-electron chi connectivity index (χ0n) is 4.02. The van der Waals surface area contributed by atoms with Crippen molar-refractivity contribution in [2.75, 3.05) is 6.54 Å². The number of hydrogen-bond donors (Lipinski definition) is 3. The molecular formula is C3H9N4+. The van der Waals surface area contributed by atoms with Gasteiger partial charge < -0.3 is 5.73 Å². The number of nitrogens with zero attached hydrogens (tertiary/aromatic N) is 1. The maximum atomic E-state index is 5.50. The summed E-state index contributed by atoms with van der Waals surface area (Å²) in [6.07, 6.45) is 1.65. The SMILES string of the molecule is C=CCN.N=[N+]=N. The van der Waals surface area contributed by atoms with Gasteiger partial charge >= 0.3 is 0 Å². The second-order valence-corrected chi connectivity index (χ2v) is 0.636. The summed E-state index contributed by atoms with van der Waals surface area (Å²) in [4.78, 5) is 2.00. The van der Waals surface area contributed by atoms with Crippen LogP contribution in [0, 0.1) is 11.1 Å². The summed E-state index contributed by atoms with van der Waals surface area (Å²) in [5.74, 6) is 0. The molecule has 40 valence electrons. The molecular weight excluding hydrogens is 92.1 g/mol. The lowest BCUT2D eigenvalue weighted by Gasteiger charge is -1.61. The number of nitrogens with two attached hydrogens (primary N) is 1. The molecule has 0 aliphatic heterocycles. The maximum absolute atomic E-state index is 5.50. The summed E-state index contributed by atoms with van der Waals surface area (Å²) in [5, 5.41) is 0. The van der Waals surface area contributed by atoms with E-state index < -0.39 is 0 Å². The molecule has 0 amide bonds. The van der Waals surface area contributed by atoms with E-state index in [0.29, 0.717) is 6.54 Å². The van der Waals surface area contributed by atoms with Gasteiger partial charge in [-0.15, -0.1) is 6.58 Å². The Labute approximate surface area is 42.0 Å². The van der Waals surface area contributed by atoms with E-state index >= 15 is 0 Å². The van der Waals surface area contributed by atoms with Crippen molar-refractivity contribution in [2.45, 2.75) is 0 Å². The molecule has 0 spiro atoms. The van der Waals surface area contributed by atoms with Gasteiger partial charge in [0.1, 0.15) is 11.1 Å². The van der Waals surface area contributed by atoms with E-state index in [-0.39, 0.29) is 0 Å². The monoisotopic (exact) mass is 101 g/mol. The van der Waals surface area contributed by atoms with Gasteiger partial charge in [-0.2, -0.15) is 0 Å². The van der Waals surface area contributed by atoms with E-state index in [2.05, 4.69) is 6.58 Å². The molecule has 0 aliphatic rings. The Balaban J connectivity index is 0. The first-order valence-corrected chi connectivity index (χ1v) is 1.67. The predicted molar refractivity (Wildman–Crippen MR) is 26.8 cm³/mol. The molecule has 0 saturated carbocycles. The number of nitrogens with one attached hydrogen (secondary N) is 2. The van der Waals surface area contributed by atoms with Crippen LogP contribution in [-0.4, -0.2) is 6.54 Å². The van der Waals surface area contributed by atoms with Gasteiger partial charge in [0.15, 0.2) is 0 Å². The first-order chi connectivity index (χ1) is 3.33. The molecule has 0 bridgehead atoms. The van der Waals surface area contributed by atoms with Gasteiger partial charge in [-0.25, -0.2) is 0 Å². The third-order valence-electron chi connectivity index (χ3n) is 0.167. The molecule has 4 N–H and O–H groups in total. The molecule has 0 aromatic heterocycles. The molecule has 0 unspecified atom stereocenters. The van der Waals surface area contributed by atoms with Crippen molar-refractivity contribution in [1.29, 1.82) is 11.1 Å². The van der Waals surface area contributed by atoms with Crippen LogP contribution < -0.4 is 10.6 Å². The zero-order valence-corrected chi connectivity index (χ0v) is 4.02. The van der Waals surface area contributed by atoms with Crippen molar-refractivity contribution in [1.82, 2.24) is 4.91 Å². The minimum Gasteiger partial charge on any atom is -0.327 e. The predicted octanol–water partition coefficient (Wildman–Crippen LogP) is 0.247. The first kappa shape index (κ1) is 9.38. The molecule has 0 aromatic carbocycles. The minimum atomic E-state index is 0.583. The van der Waals surface area contributed by atoms with Gasteiger partial charge in [-0.05, 0) is 0 Å². The van der Waals surface area contributed by atoms with E-state index in [1.54, 1.807) is 6.08 Å². The van der Waals surface area contributed by atoms with Crippen LogP contribution in [0.2, 0.25) is 0 Å². The van der Waals surface area contributed by atoms with Crippen LogP contribution in [0.4, 0.5) is 0 Å². The fourth-order valence-corrected chi connectivity index (χ4v) is 0. The van der Waals surface area contributed by atoms with Gasteiger partial charge in [0.25, 0.3) is 0 Å². The Hall–Kier alpha value is -0.990. The lowest BCUT2D eigenvalue weighted by molar-refractivity contribution is 0.928. The summed E-state index contributed by atoms with van der Waals surface area (Å²) in [7, 11) is 0. The van der Waals surface area contributed by atoms with Crippen molar-refractivity contribution >= 4 is 0 Å². The Kier molecular flexibility index (Phi) is 26.7. The average molecular weight is 101 g/mol. The van der Waals surface area contributed by atoms with E-state index in [4.69, 9.17) is 16.8 Å². The van der Waals surface area contributed by atoms with Crippen LogP contribution in [0.25, 0.3) is 0 Å². The second kappa shape index (κ2) is 19.9. The van der Waals surface area contributed by atoms with Crippen LogP contribution in [0.1, 0.15) is 0 Å². The Morgan fingerprint density at radius 2 is 1.86 bits per heavy atom. The van der Waals surface area contributed by atoms with Crippen molar-refractivity contribution < 1.29 is 0 Å². The van der Waals surface area contributed by atoms with E-state index in [1.165, 1.54) is 0 Å². The smallest absolute Gasteiger partial charge is 0.211 e. The van der Waals surface area contributed by atoms with Crippen LogP contribution >= 0.6 is 0 Å². The number of hydrogen-bond acceptors (Lipinski definition) is 3. The fourth-order valence-electron chi connectivity index (χ4n) is 0. The van der Waals surface area contributed by atoms with E-state index in [1.807, 2.05) is 4.91 Å². The van der Waals surface area contributed by atoms with Gasteiger partial charge in [-0.3, -0.25) is 0 Å². The second-order valence-electron chi connectivity index (χ2n) is 0.636. The highest BCUT2D eigenvalue weighted by Crippen LogP contribution is 1.40. The maximum Gasteiger partial charge on any atom is 0.211 e. The van der Waals surface area contributed by atoms with Crippen LogP contribution in [0.5, 0.6) is 0 Å². The summed E-state index contributed by atoms with van der Waals surface area (Å²) in [6, 6.07) is 0. The van der Waals surface area contributed by atoms with Crippen LogP contribution in [0.3, 0.4) is 0 Å². The average Bonchev–Trinajstić information content (AvgIpc) is 1.69. The Morgan fingerprint density at radius 1 is 1.71 bits per heavy atom. The summed E-state index contributed by atoms with van der Waals surface area (Å²) in [5.41, 5.74) is 15.9. The van der Waals surface area contributed by atoms with Crippen molar-refractivity contribution in [2.24, 2.45) is 5.73 Å². The molecule has 4 nitrogen and oxygen atoms in total. The largest absolute Gasteiger partial charge is 0.327 e. The molecule has 0 aliphatic carbocycles. The summed E-state index contributed by atoms with van der Waals surface area (Å²) < 4.78 is 0. The number of rotatable bonds is 1. The molecule has 4 heteroatoms. The highest BCUT2D eigenvalue weighted by atomic mass is 15.0. The van der Waals surface area contributed by atoms with Crippen molar-refractivity contribution in [3.63, 3.8) is 0 Å². The quantitative estimate of drug-likeness (QED) is 0.246. The van der Waals surface area contributed by atoms with Gasteiger partial charge in [-0.1, -0.05) is 6.08 Å². The highest BCUT2D eigenvalue weighted by Gasteiger charge is 1.43. The molecule has 0 radical (unpaired) electrons. The topological polar surface area (TPSA) is 87.8 Å². The standard InChI is InChI=1S/C3H7N.H2N3/c1-2-3-4;1-3-2/h2H,1,3-4H2;1-2H/q;+1. The molecule has 0 saturated heterocycles. The minimum absolute atomic E-state index is 0.583. The third-order valence-corrected chi connectivity index (χ3v) is 0.167. The summed E-state index contributed by atoms with van der Waals surface area (Å²) in [6.45, 7) is 3.94. The molecule has 7 heavy (non-hydrogen) atoms. The third kappa shape index (κ3) is 454000. The summed E-state index contributed by atoms with van der Waals surface area (Å²) >= 11 is 0. The fraction of sp³-hybridized carbons (Fsp3) is 0.333. The Morgan fingerprint density at radius 3 is 1.86 bits per heavy atom. The van der Waals surface area contributed by atoms with E-state index in [9.17, 15) is 0 Å². The lowest BCUT2D eigenvalue weighted by atomic mass is 10.7. The van der Waals surface area contributed by atoms with Gasteiger partial charge in [0.05, 0.1) is 0 Å². The van der Waals surface area contributed by atoms with Crippen LogP contribution in [-0.2, 0) is 0 Å². The van der Waals surface area contributed by atoms with Crippen molar-refractivity contribution in [3.8, 4) is 0 Å². The lowest BCUT2D eigenvalue weighted by Crippen LogP contribution is -1.90. The van der Waals surface area contributed by atoms with Gasteiger partial charge in [0, 0.05) is 6.54 Å². The van der Waals surface area contributed by atoms with Crippen molar-refractivity contribution in [3.05, 3.63) is 12.7 Å².